The lowest BCUT2D eigenvalue weighted by Gasteiger charge is -2.14. The molecule has 2 aliphatic rings. The molecule has 0 bridgehead atoms. The summed E-state index contributed by atoms with van der Waals surface area (Å²) in [6.07, 6.45) is 1.90. The Hall–Kier alpha value is -1.66. The van der Waals surface area contributed by atoms with Crippen molar-refractivity contribution in [3.8, 4) is 0 Å². The minimum Gasteiger partial charge on any atom is -0.308 e. The number of nitrogens with zero attached hydrogens (tertiary/aromatic N) is 2. The first-order valence-electron chi connectivity index (χ1n) is 7.79. The lowest BCUT2D eigenvalue weighted by atomic mass is 10.1. The number of rotatable bonds is 4. The predicted octanol–water partition coefficient (Wildman–Crippen LogP) is 3.42. The van der Waals surface area contributed by atoms with Crippen molar-refractivity contribution in [2.24, 2.45) is 0 Å². The van der Waals surface area contributed by atoms with Crippen LogP contribution in [0.3, 0.4) is 0 Å². The van der Waals surface area contributed by atoms with Gasteiger partial charge in [-0.2, -0.15) is 0 Å². The number of para-hydroxylation sites is 1. The van der Waals surface area contributed by atoms with Crippen LogP contribution >= 0.6 is 24.0 Å². The molecule has 0 unspecified atom stereocenters. The van der Waals surface area contributed by atoms with Gasteiger partial charge in [0, 0.05) is 18.7 Å². The Morgan fingerprint density at radius 1 is 1.09 bits per heavy atom. The fourth-order valence-electron chi connectivity index (χ4n) is 2.87. The van der Waals surface area contributed by atoms with Crippen LogP contribution in [0.2, 0.25) is 0 Å². The third-order valence-corrected chi connectivity index (χ3v) is 5.50. The van der Waals surface area contributed by atoms with Gasteiger partial charge in [-0.05, 0) is 19.4 Å². The highest BCUT2D eigenvalue weighted by atomic mass is 32.2. The lowest BCUT2D eigenvalue weighted by molar-refractivity contribution is -0.122. The molecule has 0 radical (unpaired) electrons. The normalized spacial score (nSPS) is 20.7. The van der Waals surface area contributed by atoms with Crippen LogP contribution in [0.5, 0.6) is 0 Å². The standard InChI is InChI=1S/C17H18N2O2S2/c1-3-5-10-19-16(21)14(23-17(19)22)13-11-8-6-7-9-12(11)18(4-2)15(13)20/h6-9H,3-5,10H2,1-2H3. The molecule has 1 fully saturated rings. The van der Waals surface area contributed by atoms with E-state index in [1.165, 1.54) is 11.8 Å². The third-order valence-electron chi connectivity index (χ3n) is 4.05. The maximum Gasteiger partial charge on any atom is 0.267 e. The second-order valence-electron chi connectivity index (χ2n) is 5.45. The number of hydrogen-bond acceptors (Lipinski definition) is 4. The van der Waals surface area contributed by atoms with Crippen LogP contribution in [0.25, 0.3) is 5.57 Å². The van der Waals surface area contributed by atoms with Gasteiger partial charge in [-0.1, -0.05) is 55.5 Å². The molecule has 4 nitrogen and oxygen atoms in total. The summed E-state index contributed by atoms with van der Waals surface area (Å²) in [6.45, 7) is 5.21. The zero-order chi connectivity index (χ0) is 16.6. The number of hydrogen-bond donors (Lipinski definition) is 0. The van der Waals surface area contributed by atoms with Crippen LogP contribution in [0.15, 0.2) is 29.2 Å². The Morgan fingerprint density at radius 3 is 2.52 bits per heavy atom. The average molecular weight is 346 g/mol. The maximum atomic E-state index is 12.8. The van der Waals surface area contributed by atoms with Crippen molar-refractivity contribution in [2.75, 3.05) is 18.0 Å². The quantitative estimate of drug-likeness (QED) is 0.619. The first-order chi connectivity index (χ1) is 11.1. The van der Waals surface area contributed by atoms with E-state index in [0.29, 0.717) is 27.9 Å². The molecule has 1 aromatic rings. The van der Waals surface area contributed by atoms with Crippen molar-refractivity contribution < 1.29 is 9.59 Å². The van der Waals surface area contributed by atoms with Gasteiger partial charge in [-0.25, -0.2) is 0 Å². The molecule has 0 saturated carbocycles. The van der Waals surface area contributed by atoms with Crippen molar-refractivity contribution in [3.05, 3.63) is 34.7 Å². The first-order valence-corrected chi connectivity index (χ1v) is 9.01. The number of thiocarbonyl (C=S) groups is 1. The minimum absolute atomic E-state index is 0.107. The summed E-state index contributed by atoms with van der Waals surface area (Å²) in [6, 6.07) is 7.62. The van der Waals surface area contributed by atoms with E-state index >= 15 is 0 Å². The number of amides is 2. The van der Waals surface area contributed by atoms with Gasteiger partial charge >= 0.3 is 0 Å². The molecule has 0 aliphatic carbocycles. The molecule has 0 N–H and O–H groups in total. The Morgan fingerprint density at radius 2 is 1.83 bits per heavy atom. The largest absolute Gasteiger partial charge is 0.308 e. The number of benzene rings is 1. The molecule has 0 aromatic heterocycles. The van der Waals surface area contributed by atoms with Crippen LogP contribution in [0.1, 0.15) is 32.3 Å². The molecular formula is C17H18N2O2S2. The minimum atomic E-state index is -0.135. The van der Waals surface area contributed by atoms with Crippen molar-refractivity contribution in [2.45, 2.75) is 26.7 Å². The van der Waals surface area contributed by atoms with Gasteiger partial charge in [0.05, 0.1) is 16.2 Å². The summed E-state index contributed by atoms with van der Waals surface area (Å²) in [5.41, 5.74) is 2.20. The SMILES string of the molecule is CCCCN1C(=O)C(=C2C(=O)N(CC)c3ccccc32)SC1=S. The van der Waals surface area contributed by atoms with Crippen molar-refractivity contribution in [1.29, 1.82) is 0 Å². The van der Waals surface area contributed by atoms with Crippen molar-refractivity contribution in [1.82, 2.24) is 4.90 Å². The van der Waals surface area contributed by atoms with Gasteiger partial charge in [0.25, 0.3) is 11.8 Å². The van der Waals surface area contributed by atoms with Gasteiger partial charge in [-0.15, -0.1) is 0 Å². The summed E-state index contributed by atoms with van der Waals surface area (Å²) in [5, 5.41) is 0. The first kappa shape index (κ1) is 16.2. The second-order valence-corrected chi connectivity index (χ2v) is 7.09. The van der Waals surface area contributed by atoms with Crippen LogP contribution in [-0.4, -0.2) is 34.1 Å². The van der Waals surface area contributed by atoms with E-state index in [1.807, 2.05) is 31.2 Å². The fraction of sp³-hybridized carbons (Fsp3) is 0.353. The van der Waals surface area contributed by atoms with Gasteiger partial charge in [0.1, 0.15) is 4.32 Å². The molecule has 23 heavy (non-hydrogen) atoms. The number of unbranched alkanes of at least 4 members (excludes halogenated alkanes) is 1. The molecule has 3 rings (SSSR count). The molecule has 0 spiro atoms. The second kappa shape index (κ2) is 6.45. The Balaban J connectivity index is 2.07. The van der Waals surface area contributed by atoms with E-state index in [2.05, 4.69) is 6.92 Å². The van der Waals surface area contributed by atoms with E-state index in [4.69, 9.17) is 12.2 Å². The summed E-state index contributed by atoms with van der Waals surface area (Å²) < 4.78 is 0.547. The van der Waals surface area contributed by atoms with Gasteiger partial charge in [0.15, 0.2) is 0 Å². The molecule has 120 valence electrons. The smallest absolute Gasteiger partial charge is 0.267 e. The van der Waals surface area contributed by atoms with Crippen LogP contribution < -0.4 is 4.90 Å². The van der Waals surface area contributed by atoms with E-state index in [9.17, 15) is 9.59 Å². The predicted molar refractivity (Wildman–Crippen MR) is 98.2 cm³/mol. The van der Waals surface area contributed by atoms with Gasteiger partial charge < -0.3 is 4.90 Å². The van der Waals surface area contributed by atoms with E-state index < -0.39 is 0 Å². The fourth-order valence-corrected chi connectivity index (χ4v) is 4.25. The van der Waals surface area contributed by atoms with Crippen molar-refractivity contribution in [3.63, 3.8) is 0 Å². The van der Waals surface area contributed by atoms with Gasteiger partial charge in [0.2, 0.25) is 0 Å². The highest BCUT2D eigenvalue weighted by Crippen LogP contribution is 2.44. The van der Waals surface area contributed by atoms with E-state index in [1.54, 1.807) is 9.80 Å². The van der Waals surface area contributed by atoms with E-state index in [0.717, 1.165) is 24.1 Å². The van der Waals surface area contributed by atoms with Crippen LogP contribution in [0, 0.1) is 0 Å². The number of thioether (sulfide) groups is 1. The van der Waals surface area contributed by atoms with Crippen molar-refractivity contribution >= 4 is 51.4 Å². The number of carbonyl (C=O) groups is 2. The van der Waals surface area contributed by atoms with E-state index in [-0.39, 0.29) is 11.8 Å². The Kier molecular flexibility index (Phi) is 4.55. The molecule has 6 heteroatoms. The summed E-state index contributed by atoms with van der Waals surface area (Å²) in [7, 11) is 0. The Bertz CT molecular complexity index is 727. The molecule has 0 atom stereocenters. The monoisotopic (exact) mass is 346 g/mol. The molecule has 2 aliphatic heterocycles. The molecule has 2 amide bonds. The zero-order valence-electron chi connectivity index (χ0n) is 13.2. The molecular weight excluding hydrogens is 328 g/mol. The molecule has 1 aromatic carbocycles. The lowest BCUT2D eigenvalue weighted by Crippen LogP contribution is -2.30. The number of likely N-dealkylation sites (N-methyl/N-ethyl adjacent to an activating group) is 1. The highest BCUT2D eigenvalue weighted by Gasteiger charge is 2.41. The summed E-state index contributed by atoms with van der Waals surface area (Å²) in [4.78, 5) is 29.3. The highest BCUT2D eigenvalue weighted by molar-refractivity contribution is 8.26. The summed E-state index contributed by atoms with van der Waals surface area (Å²) >= 11 is 6.60. The molecule has 2 heterocycles. The number of anilines is 1. The summed E-state index contributed by atoms with van der Waals surface area (Å²) in [5.74, 6) is -0.241. The third kappa shape index (κ3) is 2.60. The maximum absolute atomic E-state index is 12.8. The van der Waals surface area contributed by atoms with Crippen LogP contribution in [0.4, 0.5) is 5.69 Å². The topological polar surface area (TPSA) is 40.6 Å². The Labute approximate surface area is 145 Å². The average Bonchev–Trinajstić information content (AvgIpc) is 2.98. The molecule has 1 saturated heterocycles. The zero-order valence-corrected chi connectivity index (χ0v) is 14.8. The van der Waals surface area contributed by atoms with Gasteiger partial charge in [-0.3, -0.25) is 14.5 Å². The number of carbonyl (C=O) groups excluding carboxylic acids is 2. The number of fused-ring (bicyclic) bond motifs is 1. The van der Waals surface area contributed by atoms with Crippen LogP contribution in [-0.2, 0) is 9.59 Å².